The minimum Gasteiger partial charge on any atom is -0.477 e. The van der Waals surface area contributed by atoms with E-state index in [4.69, 9.17) is 9.84 Å². The summed E-state index contributed by atoms with van der Waals surface area (Å²) < 4.78 is 5.01. The van der Waals surface area contributed by atoms with Crippen molar-refractivity contribution in [2.24, 2.45) is 5.92 Å². The van der Waals surface area contributed by atoms with E-state index in [2.05, 4.69) is 17.2 Å². The Labute approximate surface area is 98.5 Å². The number of aryl methyl sites for hydroxylation is 1. The van der Waals surface area contributed by atoms with E-state index < -0.39 is 5.97 Å². The molecule has 90 valence electrons. The number of aromatic carboxylic acids is 1. The van der Waals surface area contributed by atoms with Crippen LogP contribution in [0.1, 0.15) is 22.3 Å². The quantitative estimate of drug-likeness (QED) is 0.799. The molecule has 0 bridgehead atoms. The molecule has 0 spiro atoms. The van der Waals surface area contributed by atoms with Crippen LogP contribution in [0.3, 0.4) is 0 Å². The minimum absolute atomic E-state index is 0.293. The second-order valence-corrected chi connectivity index (χ2v) is 4.68. The lowest BCUT2D eigenvalue weighted by atomic mass is 10.2. The first kappa shape index (κ1) is 12.9. The largest absolute Gasteiger partial charge is 0.477 e. The van der Waals surface area contributed by atoms with Crippen LogP contribution in [0.2, 0.25) is 0 Å². The highest BCUT2D eigenvalue weighted by atomic mass is 32.1. The number of carbonyl (C=O) groups is 1. The van der Waals surface area contributed by atoms with Gasteiger partial charge in [0.25, 0.3) is 0 Å². The summed E-state index contributed by atoms with van der Waals surface area (Å²) in [5.41, 5.74) is 0.555. The fourth-order valence-corrected chi connectivity index (χ4v) is 2.09. The molecule has 16 heavy (non-hydrogen) atoms. The lowest BCUT2D eigenvalue weighted by Gasteiger charge is -2.09. The maximum Gasteiger partial charge on any atom is 0.347 e. The van der Waals surface area contributed by atoms with Crippen molar-refractivity contribution in [2.75, 3.05) is 25.6 Å². The molecule has 1 unspecified atom stereocenters. The number of thiazole rings is 1. The zero-order valence-corrected chi connectivity index (χ0v) is 10.4. The highest BCUT2D eigenvalue weighted by Gasteiger charge is 2.14. The van der Waals surface area contributed by atoms with Gasteiger partial charge in [0.15, 0.2) is 5.13 Å². The average molecular weight is 244 g/mol. The third kappa shape index (κ3) is 3.46. The lowest BCUT2D eigenvalue weighted by Crippen LogP contribution is -2.15. The molecule has 1 aromatic rings. The molecular formula is C10H16N2O3S. The van der Waals surface area contributed by atoms with Gasteiger partial charge in [0.2, 0.25) is 0 Å². The molecule has 0 fully saturated rings. The van der Waals surface area contributed by atoms with Crippen molar-refractivity contribution in [1.82, 2.24) is 4.98 Å². The van der Waals surface area contributed by atoms with E-state index in [9.17, 15) is 4.79 Å². The first-order valence-corrected chi connectivity index (χ1v) is 5.79. The molecule has 0 aliphatic rings. The van der Waals surface area contributed by atoms with Gasteiger partial charge in [-0.2, -0.15) is 0 Å². The van der Waals surface area contributed by atoms with Gasteiger partial charge in [-0.15, -0.1) is 0 Å². The number of hydrogen-bond acceptors (Lipinski definition) is 5. The smallest absolute Gasteiger partial charge is 0.347 e. The predicted octanol–water partition coefficient (Wildman–Crippen LogP) is 1.84. The van der Waals surface area contributed by atoms with Crippen molar-refractivity contribution in [3.63, 3.8) is 0 Å². The molecular weight excluding hydrogens is 228 g/mol. The number of carboxylic acid groups (broad SMARTS) is 1. The molecule has 0 saturated carbocycles. The molecule has 0 aromatic carbocycles. The van der Waals surface area contributed by atoms with Gasteiger partial charge in [-0.05, 0) is 12.8 Å². The predicted molar refractivity (Wildman–Crippen MR) is 63.3 cm³/mol. The standard InChI is InChI=1S/C10H16N2O3S/c1-6(5-15-3)4-11-10-12-7(2)8(16-10)9(13)14/h6H,4-5H2,1-3H3,(H,11,12)(H,13,14). The molecule has 0 radical (unpaired) electrons. The van der Waals surface area contributed by atoms with Gasteiger partial charge in [0.05, 0.1) is 12.3 Å². The molecule has 0 amide bonds. The number of carboxylic acids is 1. The van der Waals surface area contributed by atoms with Crippen molar-refractivity contribution in [2.45, 2.75) is 13.8 Å². The van der Waals surface area contributed by atoms with Gasteiger partial charge in [-0.25, -0.2) is 9.78 Å². The summed E-state index contributed by atoms with van der Waals surface area (Å²) in [4.78, 5) is 15.2. The van der Waals surface area contributed by atoms with Gasteiger partial charge in [-0.3, -0.25) is 0 Å². The Hall–Kier alpha value is -1.14. The van der Waals surface area contributed by atoms with Crippen molar-refractivity contribution < 1.29 is 14.6 Å². The first-order valence-electron chi connectivity index (χ1n) is 4.98. The zero-order chi connectivity index (χ0) is 12.1. The minimum atomic E-state index is -0.923. The van der Waals surface area contributed by atoms with Crippen molar-refractivity contribution in [3.05, 3.63) is 10.6 Å². The molecule has 1 heterocycles. The summed E-state index contributed by atoms with van der Waals surface area (Å²) in [6, 6.07) is 0. The first-order chi connectivity index (χ1) is 7.54. The number of nitrogens with zero attached hydrogens (tertiary/aromatic N) is 1. The Bertz CT molecular complexity index is 365. The van der Waals surface area contributed by atoms with Gasteiger partial charge in [0, 0.05) is 13.7 Å². The van der Waals surface area contributed by atoms with Crippen molar-refractivity contribution in [3.8, 4) is 0 Å². The number of aromatic nitrogens is 1. The number of anilines is 1. The Morgan fingerprint density at radius 1 is 1.69 bits per heavy atom. The van der Waals surface area contributed by atoms with E-state index in [0.717, 1.165) is 6.54 Å². The van der Waals surface area contributed by atoms with Crippen LogP contribution in [-0.4, -0.2) is 36.3 Å². The third-order valence-corrected chi connectivity index (χ3v) is 3.15. The fourth-order valence-electron chi connectivity index (χ4n) is 1.28. The number of ether oxygens (including phenoxy) is 1. The van der Waals surface area contributed by atoms with E-state index >= 15 is 0 Å². The van der Waals surface area contributed by atoms with Crippen LogP contribution in [0.15, 0.2) is 0 Å². The maximum atomic E-state index is 10.8. The molecule has 0 aliphatic carbocycles. The average Bonchev–Trinajstić information content (AvgIpc) is 2.57. The van der Waals surface area contributed by atoms with Crippen LogP contribution < -0.4 is 5.32 Å². The molecule has 0 aliphatic heterocycles. The summed E-state index contributed by atoms with van der Waals surface area (Å²) in [5.74, 6) is -0.560. The van der Waals surface area contributed by atoms with Crippen molar-refractivity contribution >= 4 is 22.4 Å². The zero-order valence-electron chi connectivity index (χ0n) is 9.61. The van der Waals surface area contributed by atoms with Gasteiger partial charge in [0.1, 0.15) is 4.88 Å². The van der Waals surface area contributed by atoms with E-state index in [1.807, 2.05) is 0 Å². The van der Waals surface area contributed by atoms with Crippen LogP contribution in [0, 0.1) is 12.8 Å². The van der Waals surface area contributed by atoms with E-state index in [-0.39, 0.29) is 0 Å². The summed E-state index contributed by atoms with van der Waals surface area (Å²) in [5, 5.41) is 12.6. The summed E-state index contributed by atoms with van der Waals surface area (Å²) >= 11 is 1.17. The van der Waals surface area contributed by atoms with E-state index in [0.29, 0.717) is 28.2 Å². The monoisotopic (exact) mass is 244 g/mol. The van der Waals surface area contributed by atoms with E-state index in [1.54, 1.807) is 14.0 Å². The molecule has 1 aromatic heterocycles. The summed E-state index contributed by atoms with van der Waals surface area (Å²) in [7, 11) is 1.66. The second kappa shape index (κ2) is 5.81. The molecule has 2 N–H and O–H groups in total. The normalized spacial score (nSPS) is 12.4. The Kier molecular flexibility index (Phi) is 4.70. The van der Waals surface area contributed by atoms with Crippen molar-refractivity contribution in [1.29, 1.82) is 0 Å². The molecule has 0 saturated heterocycles. The van der Waals surface area contributed by atoms with Gasteiger partial charge in [-0.1, -0.05) is 18.3 Å². The van der Waals surface area contributed by atoms with E-state index in [1.165, 1.54) is 11.3 Å². The number of nitrogens with one attached hydrogen (secondary N) is 1. The lowest BCUT2D eigenvalue weighted by molar-refractivity contribution is 0.0701. The fraction of sp³-hybridized carbons (Fsp3) is 0.600. The second-order valence-electron chi connectivity index (χ2n) is 3.68. The van der Waals surface area contributed by atoms with Crippen LogP contribution >= 0.6 is 11.3 Å². The Morgan fingerprint density at radius 2 is 2.38 bits per heavy atom. The van der Waals surface area contributed by atoms with Crippen LogP contribution in [0.25, 0.3) is 0 Å². The van der Waals surface area contributed by atoms with Crippen LogP contribution in [0.4, 0.5) is 5.13 Å². The molecule has 6 heteroatoms. The third-order valence-electron chi connectivity index (χ3n) is 2.04. The number of rotatable bonds is 6. The number of methoxy groups -OCH3 is 1. The summed E-state index contributed by atoms with van der Waals surface area (Å²) in [6.45, 7) is 5.14. The highest BCUT2D eigenvalue weighted by molar-refractivity contribution is 7.17. The highest BCUT2D eigenvalue weighted by Crippen LogP contribution is 2.22. The SMILES string of the molecule is COCC(C)CNc1nc(C)c(C(=O)O)s1. The van der Waals surface area contributed by atoms with Gasteiger partial charge < -0.3 is 15.2 Å². The molecule has 5 nitrogen and oxygen atoms in total. The maximum absolute atomic E-state index is 10.8. The van der Waals surface area contributed by atoms with Crippen LogP contribution in [-0.2, 0) is 4.74 Å². The Morgan fingerprint density at radius 3 is 2.88 bits per heavy atom. The number of hydrogen-bond donors (Lipinski definition) is 2. The molecule has 1 atom stereocenters. The topological polar surface area (TPSA) is 71.5 Å². The Balaban J connectivity index is 2.55. The van der Waals surface area contributed by atoms with Crippen LogP contribution in [0.5, 0.6) is 0 Å². The summed E-state index contributed by atoms with van der Waals surface area (Å²) in [6.07, 6.45) is 0. The van der Waals surface area contributed by atoms with Gasteiger partial charge >= 0.3 is 5.97 Å². The molecule has 1 rings (SSSR count).